The van der Waals surface area contributed by atoms with Gasteiger partial charge in [-0.1, -0.05) is 15.9 Å². The number of ether oxygens (including phenoxy) is 1. The van der Waals surface area contributed by atoms with Gasteiger partial charge in [-0.25, -0.2) is 4.79 Å². The summed E-state index contributed by atoms with van der Waals surface area (Å²) >= 11 is 3.47. The van der Waals surface area contributed by atoms with Gasteiger partial charge in [0.15, 0.2) is 0 Å². The van der Waals surface area contributed by atoms with Gasteiger partial charge >= 0.3 is 6.09 Å². The Morgan fingerprint density at radius 2 is 2.22 bits per heavy atom. The third kappa shape index (κ3) is 3.16. The fourth-order valence-electron chi connectivity index (χ4n) is 3.29. The Morgan fingerprint density at radius 3 is 2.87 bits per heavy atom. The third-order valence-corrected chi connectivity index (χ3v) is 4.71. The standard InChI is InChI=1S/C17H20BrN3O2/c1-17(2,3)23-16(22)21-5-4-14-13(9-21)12-7-11(18)6-10(8-19)15(12)20-14/h6-7,13-14,20H,4-5,9H2,1-3H3/t13-,14-/m0/s1. The van der Waals surface area contributed by atoms with Crippen LogP contribution in [0.25, 0.3) is 0 Å². The van der Waals surface area contributed by atoms with E-state index in [1.54, 1.807) is 4.90 Å². The van der Waals surface area contributed by atoms with Crippen LogP contribution in [0.1, 0.15) is 44.2 Å². The van der Waals surface area contributed by atoms with Crippen LogP contribution in [0.15, 0.2) is 16.6 Å². The molecule has 1 amide bonds. The maximum Gasteiger partial charge on any atom is 0.410 e. The van der Waals surface area contributed by atoms with Crippen molar-refractivity contribution in [2.24, 2.45) is 0 Å². The quantitative estimate of drug-likeness (QED) is 0.745. The number of nitriles is 1. The van der Waals surface area contributed by atoms with Crippen molar-refractivity contribution < 1.29 is 9.53 Å². The van der Waals surface area contributed by atoms with Crippen LogP contribution >= 0.6 is 15.9 Å². The Kier molecular flexibility index (Phi) is 4.01. The molecule has 0 unspecified atom stereocenters. The summed E-state index contributed by atoms with van der Waals surface area (Å²) in [6, 6.07) is 6.39. The van der Waals surface area contributed by atoms with Gasteiger partial charge in [-0.2, -0.15) is 5.26 Å². The number of halogens is 1. The summed E-state index contributed by atoms with van der Waals surface area (Å²) in [5, 5.41) is 12.8. The van der Waals surface area contributed by atoms with E-state index in [2.05, 4.69) is 27.3 Å². The van der Waals surface area contributed by atoms with Crippen LogP contribution in [0.3, 0.4) is 0 Å². The highest BCUT2D eigenvalue weighted by Crippen LogP contribution is 2.43. The normalized spacial score (nSPS) is 22.7. The zero-order valence-corrected chi connectivity index (χ0v) is 15.1. The molecule has 2 atom stereocenters. The third-order valence-electron chi connectivity index (χ3n) is 4.25. The lowest BCUT2D eigenvalue weighted by molar-refractivity contribution is 0.0195. The lowest BCUT2D eigenvalue weighted by Gasteiger charge is -2.36. The summed E-state index contributed by atoms with van der Waals surface area (Å²) in [6.45, 7) is 6.90. The number of anilines is 1. The number of carbonyl (C=O) groups excluding carboxylic acids is 1. The molecule has 0 spiro atoms. The van der Waals surface area contributed by atoms with Crippen molar-refractivity contribution in [1.82, 2.24) is 4.90 Å². The Morgan fingerprint density at radius 1 is 1.48 bits per heavy atom. The van der Waals surface area contributed by atoms with Crippen LogP contribution in [0, 0.1) is 11.3 Å². The molecule has 2 aliphatic rings. The second-order valence-electron chi connectivity index (χ2n) is 7.10. The SMILES string of the molecule is CC(C)(C)OC(=O)N1CC[C@@H]2Nc3c(C#N)cc(Br)cc3[C@@H]2C1. The molecule has 1 aromatic carbocycles. The van der Waals surface area contributed by atoms with Gasteiger partial charge in [0.05, 0.1) is 11.3 Å². The van der Waals surface area contributed by atoms with Crippen molar-refractivity contribution in [1.29, 1.82) is 5.26 Å². The Hall–Kier alpha value is -1.74. The summed E-state index contributed by atoms with van der Waals surface area (Å²) in [4.78, 5) is 14.1. The maximum absolute atomic E-state index is 12.3. The number of nitrogens with zero attached hydrogens (tertiary/aromatic N) is 2. The first kappa shape index (κ1) is 16.1. The van der Waals surface area contributed by atoms with E-state index >= 15 is 0 Å². The van der Waals surface area contributed by atoms with E-state index in [4.69, 9.17) is 4.74 Å². The van der Waals surface area contributed by atoms with Gasteiger partial charge in [0.25, 0.3) is 0 Å². The number of amides is 1. The number of hydrogen-bond acceptors (Lipinski definition) is 4. The zero-order chi connectivity index (χ0) is 16.8. The average molecular weight is 378 g/mol. The molecule has 1 fully saturated rings. The zero-order valence-electron chi connectivity index (χ0n) is 13.5. The van der Waals surface area contributed by atoms with Gasteiger partial charge in [-0.15, -0.1) is 0 Å². The molecule has 0 bridgehead atoms. The highest BCUT2D eigenvalue weighted by Gasteiger charge is 2.40. The summed E-state index contributed by atoms with van der Waals surface area (Å²) in [7, 11) is 0. The summed E-state index contributed by atoms with van der Waals surface area (Å²) in [5.74, 6) is 0.191. The van der Waals surface area contributed by atoms with Crippen LogP contribution in [-0.2, 0) is 4.74 Å². The van der Waals surface area contributed by atoms with Gasteiger partial charge in [0.1, 0.15) is 11.7 Å². The predicted octanol–water partition coefficient (Wildman–Crippen LogP) is 3.84. The molecule has 0 aromatic heterocycles. The molecule has 1 saturated heterocycles. The van der Waals surface area contributed by atoms with Crippen LogP contribution in [0.5, 0.6) is 0 Å². The number of nitrogens with one attached hydrogen (secondary N) is 1. The van der Waals surface area contributed by atoms with E-state index in [9.17, 15) is 10.1 Å². The lowest BCUT2D eigenvalue weighted by Crippen LogP contribution is -2.46. The molecule has 3 rings (SSSR count). The van der Waals surface area contributed by atoms with E-state index in [0.717, 1.165) is 22.1 Å². The Bertz CT molecular complexity index is 690. The first-order valence-corrected chi connectivity index (χ1v) is 8.56. The number of fused-ring (bicyclic) bond motifs is 3. The van der Waals surface area contributed by atoms with Crippen molar-refractivity contribution in [3.63, 3.8) is 0 Å². The van der Waals surface area contributed by atoms with E-state index < -0.39 is 5.60 Å². The van der Waals surface area contributed by atoms with E-state index in [-0.39, 0.29) is 18.1 Å². The van der Waals surface area contributed by atoms with Gasteiger partial charge in [0.2, 0.25) is 0 Å². The van der Waals surface area contributed by atoms with Crippen LogP contribution in [-0.4, -0.2) is 35.7 Å². The van der Waals surface area contributed by atoms with Crippen molar-refractivity contribution in [2.75, 3.05) is 18.4 Å². The largest absolute Gasteiger partial charge is 0.444 e. The number of carbonyl (C=O) groups is 1. The minimum Gasteiger partial charge on any atom is -0.444 e. The smallest absolute Gasteiger partial charge is 0.410 e. The van der Waals surface area contributed by atoms with Gasteiger partial charge in [-0.3, -0.25) is 0 Å². The van der Waals surface area contributed by atoms with Crippen LogP contribution < -0.4 is 5.32 Å². The molecule has 0 saturated carbocycles. The molecular weight excluding hydrogens is 358 g/mol. The van der Waals surface area contributed by atoms with Crippen molar-refractivity contribution in [3.8, 4) is 6.07 Å². The molecule has 23 heavy (non-hydrogen) atoms. The Labute approximate surface area is 144 Å². The molecule has 1 aromatic rings. The molecule has 6 heteroatoms. The van der Waals surface area contributed by atoms with Gasteiger partial charge in [-0.05, 0) is 44.9 Å². The fraction of sp³-hybridized carbons (Fsp3) is 0.529. The monoisotopic (exact) mass is 377 g/mol. The first-order chi connectivity index (χ1) is 10.8. The fourth-order valence-corrected chi connectivity index (χ4v) is 3.76. The molecule has 2 heterocycles. The second-order valence-corrected chi connectivity index (χ2v) is 8.02. The van der Waals surface area contributed by atoms with Gasteiger partial charge in [0, 0.05) is 29.5 Å². The summed E-state index contributed by atoms with van der Waals surface area (Å²) < 4.78 is 6.38. The number of hydrogen-bond donors (Lipinski definition) is 1. The summed E-state index contributed by atoms with van der Waals surface area (Å²) in [6.07, 6.45) is 0.584. The van der Waals surface area contributed by atoms with Crippen LogP contribution in [0.2, 0.25) is 0 Å². The predicted molar refractivity (Wildman–Crippen MR) is 91.4 cm³/mol. The highest BCUT2D eigenvalue weighted by molar-refractivity contribution is 9.10. The van der Waals surface area contributed by atoms with Crippen molar-refractivity contribution in [2.45, 2.75) is 44.8 Å². The van der Waals surface area contributed by atoms with Crippen LogP contribution in [0.4, 0.5) is 10.5 Å². The Balaban J connectivity index is 1.84. The average Bonchev–Trinajstić information content (AvgIpc) is 2.82. The van der Waals surface area contributed by atoms with Crippen molar-refractivity contribution in [3.05, 3.63) is 27.7 Å². The molecule has 122 valence electrons. The lowest BCUT2D eigenvalue weighted by atomic mass is 9.89. The number of piperidine rings is 1. The molecule has 0 radical (unpaired) electrons. The van der Waals surface area contributed by atoms with Gasteiger partial charge < -0.3 is 15.0 Å². The topological polar surface area (TPSA) is 65.4 Å². The molecule has 2 aliphatic heterocycles. The van der Waals surface area contributed by atoms with E-state index in [1.807, 2.05) is 32.9 Å². The minimum atomic E-state index is -0.489. The highest BCUT2D eigenvalue weighted by atomic mass is 79.9. The van der Waals surface area contributed by atoms with E-state index in [0.29, 0.717) is 18.7 Å². The maximum atomic E-state index is 12.3. The van der Waals surface area contributed by atoms with E-state index in [1.165, 1.54) is 0 Å². The summed E-state index contributed by atoms with van der Waals surface area (Å²) in [5.41, 5.74) is 2.18. The number of benzene rings is 1. The minimum absolute atomic E-state index is 0.191. The number of rotatable bonds is 0. The first-order valence-electron chi connectivity index (χ1n) is 7.76. The molecule has 5 nitrogen and oxygen atoms in total. The molecular formula is C17H20BrN3O2. The second kappa shape index (κ2) is 5.72. The number of likely N-dealkylation sites (tertiary alicyclic amines) is 1. The molecule has 0 aliphatic carbocycles. The molecule has 1 N–H and O–H groups in total. The van der Waals surface area contributed by atoms with Crippen molar-refractivity contribution >= 4 is 27.7 Å².